The number of pyridine rings is 1. The zero-order chi connectivity index (χ0) is 10.4. The summed E-state index contributed by atoms with van der Waals surface area (Å²) >= 11 is 0. The van der Waals surface area contributed by atoms with E-state index in [4.69, 9.17) is 15.1 Å². The summed E-state index contributed by atoms with van der Waals surface area (Å²) in [4.78, 5) is 4.10. The van der Waals surface area contributed by atoms with Crippen LogP contribution in [-0.4, -0.2) is 23.3 Å². The molecule has 1 heterocycles. The minimum Gasteiger partial charge on any atom is -0.478 e. The molecule has 0 spiro atoms. The molecular formula is C10H12N2O2. The number of aromatic nitrogens is 1. The van der Waals surface area contributed by atoms with Gasteiger partial charge in [-0.3, -0.25) is 0 Å². The Morgan fingerprint density at radius 1 is 1.64 bits per heavy atom. The second kappa shape index (κ2) is 5.20. The van der Waals surface area contributed by atoms with Crippen LogP contribution in [0, 0.1) is 11.3 Å². The topological polar surface area (TPSA) is 66.1 Å². The van der Waals surface area contributed by atoms with Crippen LogP contribution in [0.15, 0.2) is 18.2 Å². The minimum atomic E-state index is -0.574. The van der Waals surface area contributed by atoms with E-state index >= 15 is 0 Å². The summed E-state index contributed by atoms with van der Waals surface area (Å²) in [6.45, 7) is 2.17. The van der Waals surface area contributed by atoms with E-state index in [9.17, 15) is 0 Å². The Labute approximate surface area is 82.8 Å². The lowest BCUT2D eigenvalue weighted by Crippen LogP contribution is -2.05. The van der Waals surface area contributed by atoms with E-state index in [1.54, 1.807) is 18.2 Å². The van der Waals surface area contributed by atoms with Crippen molar-refractivity contribution in [1.29, 1.82) is 5.26 Å². The Hall–Kier alpha value is -1.60. The van der Waals surface area contributed by atoms with Gasteiger partial charge in [-0.15, -0.1) is 0 Å². The van der Waals surface area contributed by atoms with Gasteiger partial charge < -0.3 is 9.84 Å². The van der Waals surface area contributed by atoms with Crippen LogP contribution in [0.4, 0.5) is 0 Å². The monoisotopic (exact) mass is 192 g/mol. The van der Waals surface area contributed by atoms with Gasteiger partial charge in [0.05, 0.1) is 25.0 Å². The first-order valence-electron chi connectivity index (χ1n) is 4.42. The average Bonchev–Trinajstić information content (AvgIpc) is 2.21. The first kappa shape index (κ1) is 10.5. The van der Waals surface area contributed by atoms with Gasteiger partial charge in [-0.2, -0.15) is 5.26 Å². The van der Waals surface area contributed by atoms with Gasteiger partial charge in [0, 0.05) is 6.07 Å². The first-order chi connectivity index (χ1) is 6.81. The van der Waals surface area contributed by atoms with Gasteiger partial charge in [-0.1, -0.05) is 6.07 Å². The second-order valence-electron chi connectivity index (χ2n) is 2.70. The molecule has 0 saturated heterocycles. The number of aliphatic hydroxyl groups excluding tert-OH is 1. The van der Waals surface area contributed by atoms with Gasteiger partial charge in [0.25, 0.3) is 0 Å². The number of ether oxygens (including phenoxy) is 1. The number of hydrogen-bond donors (Lipinski definition) is 1. The standard InChI is InChI=1S/C10H12N2O2/c1-2-14-10-5-3-4-9(12-10)8(6-11)7-13/h3-5,8,13H,2,7H2,1H3. The molecule has 0 radical (unpaired) electrons. The maximum atomic E-state index is 8.90. The summed E-state index contributed by atoms with van der Waals surface area (Å²) < 4.78 is 5.18. The van der Waals surface area contributed by atoms with Crippen LogP contribution < -0.4 is 4.74 Å². The maximum Gasteiger partial charge on any atom is 0.213 e. The summed E-state index contributed by atoms with van der Waals surface area (Å²) in [7, 11) is 0. The van der Waals surface area contributed by atoms with Crippen molar-refractivity contribution in [3.8, 4) is 11.9 Å². The smallest absolute Gasteiger partial charge is 0.213 e. The number of hydrogen-bond acceptors (Lipinski definition) is 4. The Balaban J connectivity index is 2.88. The van der Waals surface area contributed by atoms with Crippen LogP contribution in [0.2, 0.25) is 0 Å². The quantitative estimate of drug-likeness (QED) is 0.775. The predicted octanol–water partition coefficient (Wildman–Crippen LogP) is 1.08. The van der Waals surface area contributed by atoms with Crippen molar-refractivity contribution in [1.82, 2.24) is 4.98 Å². The lowest BCUT2D eigenvalue weighted by Gasteiger charge is -2.07. The SMILES string of the molecule is CCOc1cccc(C(C#N)CO)n1. The van der Waals surface area contributed by atoms with Gasteiger partial charge in [-0.25, -0.2) is 4.98 Å². The zero-order valence-corrected chi connectivity index (χ0v) is 7.97. The van der Waals surface area contributed by atoms with Crippen LogP contribution >= 0.6 is 0 Å². The third-order valence-electron chi connectivity index (χ3n) is 1.73. The van der Waals surface area contributed by atoms with Crippen molar-refractivity contribution in [2.24, 2.45) is 0 Å². The third kappa shape index (κ3) is 2.44. The lowest BCUT2D eigenvalue weighted by molar-refractivity contribution is 0.282. The van der Waals surface area contributed by atoms with Crippen LogP contribution in [0.1, 0.15) is 18.5 Å². The molecule has 4 heteroatoms. The number of rotatable bonds is 4. The average molecular weight is 192 g/mol. The molecule has 1 unspecified atom stereocenters. The Bertz CT molecular complexity index is 333. The molecule has 74 valence electrons. The molecular weight excluding hydrogens is 180 g/mol. The minimum absolute atomic E-state index is 0.223. The van der Waals surface area contributed by atoms with Gasteiger partial charge in [0.1, 0.15) is 5.92 Å². The summed E-state index contributed by atoms with van der Waals surface area (Å²) in [5.41, 5.74) is 0.543. The van der Waals surface area contributed by atoms with Gasteiger partial charge in [0.15, 0.2) is 0 Å². The van der Waals surface area contributed by atoms with E-state index in [0.29, 0.717) is 18.2 Å². The van der Waals surface area contributed by atoms with Crippen molar-refractivity contribution in [3.05, 3.63) is 23.9 Å². The van der Waals surface area contributed by atoms with Gasteiger partial charge in [-0.05, 0) is 13.0 Å². The fraction of sp³-hybridized carbons (Fsp3) is 0.400. The molecule has 1 rings (SSSR count). The lowest BCUT2D eigenvalue weighted by atomic mass is 10.1. The summed E-state index contributed by atoms with van der Waals surface area (Å²) in [5, 5.41) is 17.6. The molecule has 0 aliphatic rings. The third-order valence-corrected chi connectivity index (χ3v) is 1.73. The maximum absolute atomic E-state index is 8.90. The zero-order valence-electron chi connectivity index (χ0n) is 7.97. The largest absolute Gasteiger partial charge is 0.478 e. The van der Waals surface area contributed by atoms with Crippen LogP contribution in [0.5, 0.6) is 5.88 Å². The molecule has 1 aromatic rings. The summed E-state index contributed by atoms with van der Waals surface area (Å²) in [6, 6.07) is 7.15. The molecule has 0 bridgehead atoms. The molecule has 0 saturated carbocycles. The highest BCUT2D eigenvalue weighted by molar-refractivity contribution is 5.22. The molecule has 0 aliphatic heterocycles. The summed E-state index contributed by atoms with van der Waals surface area (Å²) in [6.07, 6.45) is 0. The molecule has 0 aliphatic carbocycles. The number of nitriles is 1. The van der Waals surface area contributed by atoms with Crippen molar-refractivity contribution in [2.75, 3.05) is 13.2 Å². The van der Waals surface area contributed by atoms with Crippen LogP contribution in [0.3, 0.4) is 0 Å². The fourth-order valence-corrected chi connectivity index (χ4v) is 1.05. The molecule has 4 nitrogen and oxygen atoms in total. The second-order valence-corrected chi connectivity index (χ2v) is 2.70. The van der Waals surface area contributed by atoms with E-state index in [1.807, 2.05) is 13.0 Å². The fourth-order valence-electron chi connectivity index (χ4n) is 1.05. The van der Waals surface area contributed by atoms with E-state index < -0.39 is 5.92 Å². The highest BCUT2D eigenvalue weighted by Gasteiger charge is 2.10. The predicted molar refractivity (Wildman–Crippen MR) is 50.8 cm³/mol. The first-order valence-corrected chi connectivity index (χ1v) is 4.42. The van der Waals surface area contributed by atoms with E-state index in [0.717, 1.165) is 0 Å². The molecule has 14 heavy (non-hydrogen) atoms. The van der Waals surface area contributed by atoms with Crippen molar-refractivity contribution >= 4 is 0 Å². The highest BCUT2D eigenvalue weighted by Crippen LogP contribution is 2.15. The van der Waals surface area contributed by atoms with Crippen molar-refractivity contribution in [2.45, 2.75) is 12.8 Å². The van der Waals surface area contributed by atoms with Crippen LogP contribution in [0.25, 0.3) is 0 Å². The van der Waals surface area contributed by atoms with E-state index in [1.165, 1.54) is 0 Å². The number of nitrogens with zero attached hydrogens (tertiary/aromatic N) is 2. The Morgan fingerprint density at radius 2 is 2.43 bits per heavy atom. The Morgan fingerprint density at radius 3 is 3.00 bits per heavy atom. The van der Waals surface area contributed by atoms with E-state index in [-0.39, 0.29) is 6.61 Å². The highest BCUT2D eigenvalue weighted by atomic mass is 16.5. The van der Waals surface area contributed by atoms with Gasteiger partial charge >= 0.3 is 0 Å². The molecule has 1 N–H and O–H groups in total. The molecule has 0 aromatic carbocycles. The molecule has 1 atom stereocenters. The molecule has 0 amide bonds. The number of aliphatic hydroxyl groups is 1. The molecule has 0 fully saturated rings. The van der Waals surface area contributed by atoms with Crippen LogP contribution in [-0.2, 0) is 0 Å². The van der Waals surface area contributed by atoms with E-state index in [2.05, 4.69) is 4.98 Å². The summed E-state index contributed by atoms with van der Waals surface area (Å²) in [5.74, 6) is -0.0888. The van der Waals surface area contributed by atoms with Crippen molar-refractivity contribution in [3.63, 3.8) is 0 Å². The molecule has 1 aromatic heterocycles. The normalized spacial score (nSPS) is 11.8. The van der Waals surface area contributed by atoms with Gasteiger partial charge in [0.2, 0.25) is 5.88 Å². The Kier molecular flexibility index (Phi) is 3.89. The van der Waals surface area contributed by atoms with Crippen molar-refractivity contribution < 1.29 is 9.84 Å².